The van der Waals surface area contributed by atoms with Crippen LogP contribution in [0.5, 0.6) is 0 Å². The Labute approximate surface area is 107 Å². The highest BCUT2D eigenvalue weighted by molar-refractivity contribution is 5.66. The van der Waals surface area contributed by atoms with E-state index in [0.29, 0.717) is 0 Å². The lowest BCUT2D eigenvalue weighted by Gasteiger charge is -2.15. The zero-order valence-corrected chi connectivity index (χ0v) is 11.1. The van der Waals surface area contributed by atoms with Crippen LogP contribution < -0.4 is 0 Å². The van der Waals surface area contributed by atoms with Crippen molar-refractivity contribution in [3.8, 4) is 0 Å². The van der Waals surface area contributed by atoms with Gasteiger partial charge in [0.1, 0.15) is 12.2 Å². The summed E-state index contributed by atoms with van der Waals surface area (Å²) in [6.07, 6.45) is -0.554. The Morgan fingerprint density at radius 3 is 1.33 bits per heavy atom. The normalized spacial score (nSPS) is 13.6. The van der Waals surface area contributed by atoms with Crippen molar-refractivity contribution in [1.82, 2.24) is 0 Å². The van der Waals surface area contributed by atoms with E-state index in [4.69, 9.17) is 9.47 Å². The van der Waals surface area contributed by atoms with Crippen molar-refractivity contribution in [1.29, 1.82) is 0 Å². The average Bonchev–Trinajstić information content (AvgIpc) is 2.27. The van der Waals surface area contributed by atoms with Gasteiger partial charge in [-0.3, -0.25) is 9.59 Å². The fourth-order valence-electron chi connectivity index (χ4n) is 1.67. The van der Waals surface area contributed by atoms with Crippen LogP contribution in [0.15, 0.2) is 24.3 Å². The summed E-state index contributed by atoms with van der Waals surface area (Å²) in [5, 5.41) is 0. The molecular formula is C14H18O4. The van der Waals surface area contributed by atoms with Crippen LogP contribution in [0.2, 0.25) is 0 Å². The van der Waals surface area contributed by atoms with Crippen LogP contribution >= 0.6 is 0 Å². The van der Waals surface area contributed by atoms with E-state index in [1.54, 1.807) is 0 Å². The third-order valence-electron chi connectivity index (χ3n) is 2.56. The Hall–Kier alpha value is -1.84. The third kappa shape index (κ3) is 4.20. The van der Waals surface area contributed by atoms with Gasteiger partial charge in [0.15, 0.2) is 0 Å². The number of benzene rings is 1. The number of hydrogen-bond donors (Lipinski definition) is 0. The van der Waals surface area contributed by atoms with Gasteiger partial charge in [-0.05, 0) is 25.0 Å². The number of esters is 2. The number of hydrogen-bond acceptors (Lipinski definition) is 4. The highest BCUT2D eigenvalue weighted by atomic mass is 16.5. The molecule has 0 fully saturated rings. The summed E-state index contributed by atoms with van der Waals surface area (Å²) in [4.78, 5) is 21.7. The quantitative estimate of drug-likeness (QED) is 0.771. The first-order valence-corrected chi connectivity index (χ1v) is 5.84. The smallest absolute Gasteiger partial charge is 0.303 e. The molecule has 1 rings (SSSR count). The minimum atomic E-state index is -0.306. The van der Waals surface area contributed by atoms with Crippen molar-refractivity contribution >= 4 is 11.9 Å². The van der Waals surface area contributed by atoms with Crippen LogP contribution in [-0.4, -0.2) is 11.9 Å². The maximum atomic E-state index is 10.8. The minimum absolute atomic E-state index is 0.277. The first-order valence-electron chi connectivity index (χ1n) is 5.84. The Kier molecular flexibility index (Phi) is 4.89. The summed E-state index contributed by atoms with van der Waals surface area (Å²) in [6.45, 7) is 6.39. The SMILES string of the molecule is CC(=O)O[C@H](C)c1ccc([C@@H](C)OC(C)=O)cc1. The summed E-state index contributed by atoms with van der Waals surface area (Å²) in [5.41, 5.74) is 1.81. The maximum absolute atomic E-state index is 10.8. The van der Waals surface area contributed by atoms with Crippen molar-refractivity contribution in [2.75, 3.05) is 0 Å². The molecule has 0 heterocycles. The molecule has 0 unspecified atom stereocenters. The molecule has 1 aromatic rings. The van der Waals surface area contributed by atoms with E-state index in [9.17, 15) is 9.59 Å². The van der Waals surface area contributed by atoms with Gasteiger partial charge in [-0.15, -0.1) is 0 Å². The van der Waals surface area contributed by atoms with Crippen molar-refractivity contribution in [2.45, 2.75) is 39.9 Å². The molecule has 0 spiro atoms. The molecule has 0 radical (unpaired) electrons. The first-order chi connectivity index (χ1) is 8.40. The van der Waals surface area contributed by atoms with Gasteiger partial charge in [0.05, 0.1) is 0 Å². The first kappa shape index (κ1) is 14.2. The lowest BCUT2D eigenvalue weighted by atomic mass is 10.1. The molecule has 18 heavy (non-hydrogen) atoms. The van der Waals surface area contributed by atoms with E-state index >= 15 is 0 Å². The Balaban J connectivity index is 2.73. The van der Waals surface area contributed by atoms with E-state index in [1.807, 2.05) is 38.1 Å². The highest BCUT2D eigenvalue weighted by Crippen LogP contribution is 2.21. The molecule has 0 aromatic heterocycles. The summed E-state index contributed by atoms with van der Waals surface area (Å²) < 4.78 is 10.2. The van der Waals surface area contributed by atoms with E-state index in [-0.39, 0.29) is 24.1 Å². The molecular weight excluding hydrogens is 232 g/mol. The molecule has 0 saturated carbocycles. The van der Waals surface area contributed by atoms with Crippen LogP contribution in [0.1, 0.15) is 51.0 Å². The fourth-order valence-corrected chi connectivity index (χ4v) is 1.67. The summed E-state index contributed by atoms with van der Waals surface area (Å²) in [5.74, 6) is -0.611. The summed E-state index contributed by atoms with van der Waals surface area (Å²) in [7, 11) is 0. The van der Waals surface area contributed by atoms with Crippen molar-refractivity contribution in [3.63, 3.8) is 0 Å². The Bertz CT molecular complexity index is 381. The molecule has 0 N–H and O–H groups in total. The van der Waals surface area contributed by atoms with Gasteiger partial charge >= 0.3 is 11.9 Å². The zero-order valence-electron chi connectivity index (χ0n) is 11.1. The van der Waals surface area contributed by atoms with Crippen LogP contribution in [0.4, 0.5) is 0 Å². The molecule has 4 nitrogen and oxygen atoms in total. The monoisotopic (exact) mass is 250 g/mol. The van der Waals surface area contributed by atoms with E-state index in [2.05, 4.69) is 0 Å². The van der Waals surface area contributed by atoms with E-state index < -0.39 is 0 Å². The minimum Gasteiger partial charge on any atom is -0.458 e. The number of carbonyl (C=O) groups excluding carboxylic acids is 2. The van der Waals surface area contributed by atoms with Gasteiger partial charge in [0, 0.05) is 13.8 Å². The molecule has 0 aliphatic heterocycles. The predicted molar refractivity (Wildman–Crippen MR) is 66.8 cm³/mol. The van der Waals surface area contributed by atoms with Gasteiger partial charge in [-0.2, -0.15) is 0 Å². The second-order valence-corrected chi connectivity index (χ2v) is 4.17. The standard InChI is InChI=1S/C14H18O4/c1-9(17-11(3)15)13-5-7-14(8-6-13)10(2)18-12(4)16/h5-10H,1-4H3/t9-,10-/m1/s1. The van der Waals surface area contributed by atoms with Gasteiger partial charge < -0.3 is 9.47 Å². The fraction of sp³-hybridized carbons (Fsp3) is 0.429. The molecule has 2 atom stereocenters. The molecule has 4 heteroatoms. The van der Waals surface area contributed by atoms with Gasteiger partial charge in [-0.25, -0.2) is 0 Å². The summed E-state index contributed by atoms with van der Waals surface area (Å²) >= 11 is 0. The topological polar surface area (TPSA) is 52.6 Å². The van der Waals surface area contributed by atoms with Crippen LogP contribution in [0, 0.1) is 0 Å². The zero-order chi connectivity index (χ0) is 13.7. The van der Waals surface area contributed by atoms with Crippen molar-refractivity contribution in [3.05, 3.63) is 35.4 Å². The van der Waals surface area contributed by atoms with Crippen molar-refractivity contribution in [2.24, 2.45) is 0 Å². The molecule has 0 bridgehead atoms. The second kappa shape index (κ2) is 6.19. The molecule has 0 aliphatic carbocycles. The highest BCUT2D eigenvalue weighted by Gasteiger charge is 2.11. The molecule has 98 valence electrons. The number of ether oxygens (including phenoxy) is 2. The molecule has 0 aliphatic rings. The lowest BCUT2D eigenvalue weighted by molar-refractivity contribution is -0.146. The van der Waals surface area contributed by atoms with Gasteiger partial charge in [0.2, 0.25) is 0 Å². The lowest BCUT2D eigenvalue weighted by Crippen LogP contribution is -2.07. The predicted octanol–water partition coefficient (Wildman–Crippen LogP) is 2.93. The van der Waals surface area contributed by atoms with Crippen LogP contribution in [0.3, 0.4) is 0 Å². The Morgan fingerprint density at radius 1 is 0.833 bits per heavy atom. The average molecular weight is 250 g/mol. The largest absolute Gasteiger partial charge is 0.458 e. The molecule has 0 saturated heterocycles. The van der Waals surface area contributed by atoms with E-state index in [0.717, 1.165) is 11.1 Å². The maximum Gasteiger partial charge on any atom is 0.303 e. The summed E-state index contributed by atoms with van der Waals surface area (Å²) in [6, 6.07) is 7.46. The molecule has 0 amide bonds. The third-order valence-corrected chi connectivity index (χ3v) is 2.56. The van der Waals surface area contributed by atoms with E-state index in [1.165, 1.54) is 13.8 Å². The van der Waals surface area contributed by atoms with Crippen LogP contribution in [0.25, 0.3) is 0 Å². The number of carbonyl (C=O) groups is 2. The Morgan fingerprint density at radius 2 is 1.11 bits per heavy atom. The molecule has 1 aromatic carbocycles. The van der Waals surface area contributed by atoms with Gasteiger partial charge in [-0.1, -0.05) is 24.3 Å². The van der Waals surface area contributed by atoms with Crippen molar-refractivity contribution < 1.29 is 19.1 Å². The van der Waals surface area contributed by atoms with Gasteiger partial charge in [0.25, 0.3) is 0 Å². The van der Waals surface area contributed by atoms with Crippen LogP contribution in [-0.2, 0) is 19.1 Å². The number of rotatable bonds is 4. The second-order valence-electron chi connectivity index (χ2n) is 4.17.